The second-order valence-corrected chi connectivity index (χ2v) is 16.7. The lowest BCUT2D eigenvalue weighted by atomic mass is 9.84. The molecule has 0 unspecified atom stereocenters. The number of carboxylic acid groups (broad SMARTS) is 1. The van der Waals surface area contributed by atoms with E-state index in [1.807, 2.05) is 32.9 Å². The van der Waals surface area contributed by atoms with Crippen LogP contribution in [0.1, 0.15) is 84.4 Å². The maximum Gasteiger partial charge on any atom is 0.451 e. The Bertz CT molecular complexity index is 1750. The van der Waals surface area contributed by atoms with Gasteiger partial charge in [0.15, 0.2) is 0 Å². The van der Waals surface area contributed by atoms with Crippen LogP contribution in [0.2, 0.25) is 6.32 Å². The standard InChI is InChI=1S/C42H63BN6O11/c1-25(2)21-30(36(52)44-20-14-19-43(58)59)46-40(56)35(42(6,7)8)49-38(54)31(22-29-18-13-12-15-27(29)5)45-39(55)34(26(3)4)48-37(53)32(23-33(50)51)47-41(57)60-24-28-16-10-9-11-17-28/h9-13,15-18,25-26,30-32,34-35,58-59H,14,19-24H2,1-8H3,(H,44,52)(H,45,55)(H,46,56)(H,47,57)(H,48,53)(H,49,54)(H,50,51)/t30-,31-,32+,34+,35+/m0/s1. The van der Waals surface area contributed by atoms with E-state index in [0.29, 0.717) is 17.5 Å². The Hall–Kier alpha value is -5.49. The van der Waals surface area contributed by atoms with Crippen LogP contribution in [0.4, 0.5) is 4.79 Å². The van der Waals surface area contributed by atoms with Crippen molar-refractivity contribution < 1.29 is 53.5 Å². The molecule has 0 aliphatic rings. The molecule has 0 aliphatic heterocycles. The minimum Gasteiger partial charge on any atom is -0.481 e. The average molecular weight is 839 g/mol. The number of hydrogen-bond acceptors (Lipinski definition) is 10. The van der Waals surface area contributed by atoms with Gasteiger partial charge in [-0.15, -0.1) is 0 Å². The third-order valence-electron chi connectivity index (χ3n) is 9.46. The van der Waals surface area contributed by atoms with Crippen LogP contribution in [0.5, 0.6) is 0 Å². The number of alkyl carbamates (subject to hydrolysis) is 1. The minimum absolute atomic E-state index is 0.00487. The summed E-state index contributed by atoms with van der Waals surface area (Å²) in [7, 11) is -1.51. The van der Waals surface area contributed by atoms with Crippen molar-refractivity contribution in [1.29, 1.82) is 0 Å². The molecular formula is C42H63BN6O11. The van der Waals surface area contributed by atoms with Crippen LogP contribution in [0, 0.1) is 24.2 Å². The maximum absolute atomic E-state index is 14.3. The van der Waals surface area contributed by atoms with Crippen LogP contribution in [-0.2, 0) is 46.5 Å². The number of aliphatic carboxylic acids is 1. The van der Waals surface area contributed by atoms with Crippen molar-refractivity contribution in [1.82, 2.24) is 31.9 Å². The number of ether oxygens (including phenoxy) is 1. The van der Waals surface area contributed by atoms with E-state index in [-0.39, 0.29) is 38.2 Å². The lowest BCUT2D eigenvalue weighted by Gasteiger charge is -2.34. The zero-order valence-electron chi connectivity index (χ0n) is 35.9. The van der Waals surface area contributed by atoms with Crippen LogP contribution in [0.3, 0.4) is 0 Å². The number of hydrogen-bond donors (Lipinski definition) is 9. The number of carboxylic acids is 1. The molecule has 0 bridgehead atoms. The van der Waals surface area contributed by atoms with E-state index in [4.69, 9.17) is 14.8 Å². The molecule has 0 aromatic heterocycles. The molecule has 5 atom stereocenters. The second-order valence-electron chi connectivity index (χ2n) is 16.7. The van der Waals surface area contributed by atoms with Gasteiger partial charge >= 0.3 is 19.2 Å². The van der Waals surface area contributed by atoms with Crippen LogP contribution >= 0.6 is 0 Å². The summed E-state index contributed by atoms with van der Waals surface area (Å²) in [5.41, 5.74) is 1.30. The van der Waals surface area contributed by atoms with Gasteiger partial charge in [-0.1, -0.05) is 103 Å². The van der Waals surface area contributed by atoms with Gasteiger partial charge in [-0.05, 0) is 60.0 Å². The van der Waals surface area contributed by atoms with Crippen LogP contribution in [0.15, 0.2) is 54.6 Å². The fourth-order valence-corrected chi connectivity index (χ4v) is 6.11. The molecule has 18 heteroatoms. The number of rotatable bonds is 23. The number of benzene rings is 2. The van der Waals surface area contributed by atoms with Crippen molar-refractivity contribution >= 4 is 48.7 Å². The highest BCUT2D eigenvalue weighted by Crippen LogP contribution is 2.21. The molecule has 0 fully saturated rings. The smallest absolute Gasteiger partial charge is 0.451 e. The fraction of sp³-hybridized carbons (Fsp3) is 0.548. The largest absolute Gasteiger partial charge is 0.481 e. The molecule has 17 nitrogen and oxygen atoms in total. The third-order valence-corrected chi connectivity index (χ3v) is 9.46. The Morgan fingerprint density at radius 2 is 1.32 bits per heavy atom. The van der Waals surface area contributed by atoms with Crippen molar-refractivity contribution in [2.24, 2.45) is 17.3 Å². The van der Waals surface area contributed by atoms with Gasteiger partial charge < -0.3 is 51.8 Å². The van der Waals surface area contributed by atoms with Gasteiger partial charge in [0.1, 0.15) is 36.8 Å². The maximum atomic E-state index is 14.3. The van der Waals surface area contributed by atoms with Crippen LogP contribution < -0.4 is 31.9 Å². The Kier molecular flexibility index (Phi) is 20.7. The molecule has 0 saturated heterocycles. The summed E-state index contributed by atoms with van der Waals surface area (Å²) in [6.45, 7) is 14.1. The molecule has 60 heavy (non-hydrogen) atoms. The first-order valence-electron chi connectivity index (χ1n) is 20.2. The fourth-order valence-electron chi connectivity index (χ4n) is 6.11. The first kappa shape index (κ1) is 50.7. The number of aryl methyl sites for hydroxylation is 1. The lowest BCUT2D eigenvalue weighted by molar-refractivity contribution is -0.140. The molecule has 2 rings (SSSR count). The van der Waals surface area contributed by atoms with E-state index < -0.39 is 96.7 Å². The summed E-state index contributed by atoms with van der Waals surface area (Å²) in [4.78, 5) is 93.3. The normalized spacial score (nSPS) is 13.8. The molecule has 6 amide bonds. The van der Waals surface area contributed by atoms with E-state index in [1.165, 1.54) is 0 Å². The van der Waals surface area contributed by atoms with Crippen molar-refractivity contribution in [3.05, 3.63) is 71.3 Å². The molecule has 330 valence electrons. The predicted octanol–water partition coefficient (Wildman–Crippen LogP) is 1.97. The van der Waals surface area contributed by atoms with Crippen molar-refractivity contribution in [2.45, 2.75) is 124 Å². The van der Waals surface area contributed by atoms with E-state index in [1.54, 1.807) is 77.1 Å². The number of carbonyl (C=O) groups is 7. The minimum atomic E-state index is -1.62. The second kappa shape index (κ2) is 24.6. The SMILES string of the molecule is Cc1ccccc1C[C@H](NC(=O)[C@H](NC(=O)[C@@H](CC(=O)O)NC(=O)OCc1ccccc1)C(C)C)C(=O)N[C@H](C(=O)N[C@@H](CC(C)C)C(=O)NCCCB(O)O)C(C)(C)C. The molecule has 0 spiro atoms. The van der Waals surface area contributed by atoms with E-state index in [2.05, 4.69) is 31.9 Å². The molecule has 0 heterocycles. The Morgan fingerprint density at radius 3 is 1.88 bits per heavy atom. The Balaban J connectivity index is 2.35. The molecule has 0 saturated carbocycles. The summed E-state index contributed by atoms with van der Waals surface area (Å²) >= 11 is 0. The lowest BCUT2D eigenvalue weighted by Crippen LogP contribution is -2.62. The zero-order valence-corrected chi connectivity index (χ0v) is 35.9. The monoisotopic (exact) mass is 838 g/mol. The number of nitrogens with one attached hydrogen (secondary N) is 6. The van der Waals surface area contributed by atoms with Gasteiger partial charge in [-0.2, -0.15) is 0 Å². The van der Waals surface area contributed by atoms with Gasteiger partial charge in [-0.25, -0.2) is 4.79 Å². The van der Waals surface area contributed by atoms with Crippen molar-refractivity contribution in [2.75, 3.05) is 6.54 Å². The van der Waals surface area contributed by atoms with Gasteiger partial charge in [0.05, 0.1) is 6.42 Å². The summed E-state index contributed by atoms with van der Waals surface area (Å²) in [6, 6.07) is 9.53. The zero-order chi connectivity index (χ0) is 45.2. The number of carbonyl (C=O) groups excluding carboxylic acids is 6. The Labute approximate surface area is 352 Å². The number of amides is 6. The van der Waals surface area contributed by atoms with Crippen molar-refractivity contribution in [3.63, 3.8) is 0 Å². The van der Waals surface area contributed by atoms with Gasteiger partial charge in [0.2, 0.25) is 29.5 Å². The highest BCUT2D eigenvalue weighted by atomic mass is 16.5. The van der Waals surface area contributed by atoms with Gasteiger partial charge in [0.25, 0.3) is 0 Å². The topological polar surface area (TPSA) is 262 Å². The third kappa shape index (κ3) is 18.2. The first-order chi connectivity index (χ1) is 28.1. The highest BCUT2D eigenvalue weighted by molar-refractivity contribution is 6.40. The molecule has 0 aliphatic carbocycles. The first-order valence-corrected chi connectivity index (χ1v) is 20.2. The molecule has 9 N–H and O–H groups in total. The molecular weight excluding hydrogens is 775 g/mol. The Morgan fingerprint density at radius 1 is 0.717 bits per heavy atom. The van der Waals surface area contributed by atoms with Crippen molar-refractivity contribution in [3.8, 4) is 0 Å². The van der Waals surface area contributed by atoms with E-state index >= 15 is 0 Å². The van der Waals surface area contributed by atoms with Gasteiger partial charge in [0, 0.05) is 13.0 Å². The summed E-state index contributed by atoms with van der Waals surface area (Å²) < 4.78 is 5.17. The predicted molar refractivity (Wildman–Crippen MR) is 225 cm³/mol. The van der Waals surface area contributed by atoms with Crippen LogP contribution in [-0.4, -0.2) is 101 Å². The summed E-state index contributed by atoms with van der Waals surface area (Å²) in [6.07, 6.45) is -1.26. The van der Waals surface area contributed by atoms with E-state index in [0.717, 1.165) is 5.56 Å². The highest BCUT2D eigenvalue weighted by Gasteiger charge is 2.38. The average Bonchev–Trinajstić information content (AvgIpc) is 3.15. The molecule has 2 aromatic rings. The van der Waals surface area contributed by atoms with Gasteiger partial charge in [-0.3, -0.25) is 28.8 Å². The molecule has 2 aromatic carbocycles. The molecule has 0 radical (unpaired) electrons. The quantitative estimate of drug-likeness (QED) is 0.0577. The summed E-state index contributed by atoms with van der Waals surface area (Å²) in [5.74, 6) is -5.59. The van der Waals surface area contributed by atoms with Crippen LogP contribution in [0.25, 0.3) is 0 Å². The summed E-state index contributed by atoms with van der Waals surface area (Å²) in [5, 5.41) is 43.6. The van der Waals surface area contributed by atoms with E-state index in [9.17, 15) is 38.7 Å².